The fourth-order valence-electron chi connectivity index (χ4n) is 3.09. The van der Waals surface area contributed by atoms with Crippen LogP contribution in [-0.4, -0.2) is 39.1 Å². The largest absolute Gasteiger partial charge is 0.494 e. The molecule has 1 N–H and O–H groups in total. The van der Waals surface area contributed by atoms with Gasteiger partial charge in [0.2, 0.25) is 0 Å². The van der Waals surface area contributed by atoms with Crippen LogP contribution in [0.15, 0.2) is 24.3 Å². The molecular weight excluding hydrogens is 266 g/mol. The summed E-state index contributed by atoms with van der Waals surface area (Å²) >= 11 is 0. The molecule has 1 aliphatic heterocycles. The Kier molecular flexibility index (Phi) is 6.03. The fraction of sp³-hybridized carbons (Fsp3) is 0.647. The van der Waals surface area contributed by atoms with E-state index in [1.165, 1.54) is 5.56 Å². The van der Waals surface area contributed by atoms with Gasteiger partial charge in [-0.15, -0.1) is 0 Å². The highest BCUT2D eigenvalue weighted by Crippen LogP contribution is 2.38. The maximum absolute atomic E-state index is 5.96. The molecule has 4 nitrogen and oxygen atoms in total. The first-order valence-corrected chi connectivity index (χ1v) is 7.84. The first-order chi connectivity index (χ1) is 10.3. The third kappa shape index (κ3) is 3.76. The molecule has 0 bridgehead atoms. The molecule has 1 aromatic rings. The Hall–Kier alpha value is -1.10. The molecule has 118 valence electrons. The molecular formula is C17H27NO3. The summed E-state index contributed by atoms with van der Waals surface area (Å²) in [4.78, 5) is 0. The molecule has 1 aromatic carbocycles. The molecule has 0 saturated carbocycles. The highest BCUT2D eigenvalue weighted by atomic mass is 16.5. The van der Waals surface area contributed by atoms with Crippen LogP contribution < -0.4 is 10.1 Å². The summed E-state index contributed by atoms with van der Waals surface area (Å²) < 4.78 is 17.1. The summed E-state index contributed by atoms with van der Waals surface area (Å²) in [5.74, 6) is 0.913. The number of likely N-dealkylation sites (N-methyl/N-ethyl adjacent to an activating group) is 1. The zero-order chi connectivity index (χ0) is 15.1. The standard InChI is InChI=1S/C17H27NO3/c1-4-18-16(17(19-3)9-11-20-12-10-17)14-7-6-8-15(13-14)21-5-2/h6-8,13,16,18H,4-5,9-12H2,1-3H3. The highest BCUT2D eigenvalue weighted by molar-refractivity contribution is 5.32. The first kappa shape index (κ1) is 16.3. The lowest BCUT2D eigenvalue weighted by molar-refractivity contribution is -0.111. The van der Waals surface area contributed by atoms with Gasteiger partial charge in [0.15, 0.2) is 0 Å². The molecule has 21 heavy (non-hydrogen) atoms. The van der Waals surface area contributed by atoms with Crippen LogP contribution in [0.25, 0.3) is 0 Å². The third-order valence-corrected chi connectivity index (χ3v) is 4.18. The monoisotopic (exact) mass is 293 g/mol. The summed E-state index contributed by atoms with van der Waals surface area (Å²) in [7, 11) is 1.81. The minimum Gasteiger partial charge on any atom is -0.494 e. The van der Waals surface area contributed by atoms with Gasteiger partial charge in [-0.3, -0.25) is 0 Å². The summed E-state index contributed by atoms with van der Waals surface area (Å²) in [6, 6.07) is 8.46. The Labute approximate surface area is 127 Å². The fourth-order valence-corrected chi connectivity index (χ4v) is 3.09. The van der Waals surface area contributed by atoms with Crippen molar-refractivity contribution in [2.24, 2.45) is 0 Å². The second-order valence-corrected chi connectivity index (χ2v) is 5.38. The van der Waals surface area contributed by atoms with Crippen molar-refractivity contribution in [3.8, 4) is 5.75 Å². The van der Waals surface area contributed by atoms with Crippen molar-refractivity contribution in [3.05, 3.63) is 29.8 Å². The number of nitrogens with one attached hydrogen (secondary N) is 1. The molecule has 1 fully saturated rings. The van der Waals surface area contributed by atoms with E-state index < -0.39 is 0 Å². The molecule has 0 aliphatic carbocycles. The number of benzene rings is 1. The zero-order valence-corrected chi connectivity index (χ0v) is 13.4. The first-order valence-electron chi connectivity index (χ1n) is 7.84. The Morgan fingerprint density at radius 3 is 2.67 bits per heavy atom. The second-order valence-electron chi connectivity index (χ2n) is 5.38. The van der Waals surface area contributed by atoms with Gasteiger partial charge in [-0.1, -0.05) is 19.1 Å². The van der Waals surface area contributed by atoms with Crippen molar-refractivity contribution in [2.45, 2.75) is 38.3 Å². The van der Waals surface area contributed by atoms with Gasteiger partial charge in [0, 0.05) is 33.2 Å². The van der Waals surface area contributed by atoms with Gasteiger partial charge in [0.25, 0.3) is 0 Å². The van der Waals surface area contributed by atoms with Crippen LogP contribution in [0.2, 0.25) is 0 Å². The maximum Gasteiger partial charge on any atom is 0.119 e. The van der Waals surface area contributed by atoms with Crippen LogP contribution in [0.3, 0.4) is 0 Å². The van der Waals surface area contributed by atoms with Gasteiger partial charge in [0.05, 0.1) is 18.2 Å². The molecule has 1 unspecified atom stereocenters. The normalized spacial score (nSPS) is 19.2. The number of hydrogen-bond donors (Lipinski definition) is 1. The predicted octanol–water partition coefficient (Wildman–Crippen LogP) is 2.93. The second kappa shape index (κ2) is 7.78. The third-order valence-electron chi connectivity index (χ3n) is 4.18. The molecule has 0 amide bonds. The van der Waals surface area contributed by atoms with Gasteiger partial charge in [-0.2, -0.15) is 0 Å². The maximum atomic E-state index is 5.96. The number of hydrogen-bond acceptors (Lipinski definition) is 4. The molecule has 0 spiro atoms. The summed E-state index contributed by atoms with van der Waals surface area (Å²) in [5.41, 5.74) is 1.01. The lowest BCUT2D eigenvalue weighted by Gasteiger charge is -2.43. The van der Waals surface area contributed by atoms with E-state index in [1.807, 2.05) is 26.2 Å². The topological polar surface area (TPSA) is 39.7 Å². The average Bonchev–Trinajstić information content (AvgIpc) is 2.54. The van der Waals surface area contributed by atoms with Crippen LogP contribution in [0, 0.1) is 0 Å². The minimum absolute atomic E-state index is 0.150. The van der Waals surface area contributed by atoms with E-state index >= 15 is 0 Å². The van der Waals surface area contributed by atoms with E-state index in [0.717, 1.165) is 38.3 Å². The summed E-state index contributed by atoms with van der Waals surface area (Å²) in [6.45, 7) is 7.21. The molecule has 1 saturated heterocycles. The van der Waals surface area contributed by atoms with Gasteiger partial charge in [-0.05, 0) is 31.2 Å². The Balaban J connectivity index is 2.30. The van der Waals surface area contributed by atoms with E-state index in [4.69, 9.17) is 14.2 Å². The SMILES string of the molecule is CCNC(c1cccc(OCC)c1)C1(OC)CCOCC1. The molecule has 1 atom stereocenters. The van der Waals surface area contributed by atoms with E-state index in [1.54, 1.807) is 0 Å². The van der Waals surface area contributed by atoms with Crippen molar-refractivity contribution in [3.63, 3.8) is 0 Å². The van der Waals surface area contributed by atoms with Crippen LogP contribution >= 0.6 is 0 Å². The molecule has 4 heteroatoms. The number of ether oxygens (including phenoxy) is 3. The summed E-state index contributed by atoms with van der Waals surface area (Å²) in [6.07, 6.45) is 1.81. The molecule has 0 radical (unpaired) electrons. The van der Waals surface area contributed by atoms with E-state index in [-0.39, 0.29) is 11.6 Å². The predicted molar refractivity (Wildman–Crippen MR) is 83.8 cm³/mol. The molecule has 1 aliphatic rings. The summed E-state index contributed by atoms with van der Waals surface area (Å²) in [5, 5.41) is 3.59. The van der Waals surface area contributed by atoms with Gasteiger partial charge in [0.1, 0.15) is 5.75 Å². The Morgan fingerprint density at radius 1 is 1.29 bits per heavy atom. The lowest BCUT2D eigenvalue weighted by atomic mass is 9.82. The molecule has 1 heterocycles. The number of methoxy groups -OCH3 is 1. The minimum atomic E-state index is -0.209. The smallest absolute Gasteiger partial charge is 0.119 e. The van der Waals surface area contributed by atoms with Crippen molar-refractivity contribution in [1.82, 2.24) is 5.32 Å². The lowest BCUT2D eigenvalue weighted by Crippen LogP contribution is -2.49. The van der Waals surface area contributed by atoms with Gasteiger partial charge >= 0.3 is 0 Å². The number of rotatable bonds is 7. The van der Waals surface area contributed by atoms with E-state index in [2.05, 4.69) is 24.4 Å². The van der Waals surface area contributed by atoms with Crippen molar-refractivity contribution >= 4 is 0 Å². The van der Waals surface area contributed by atoms with E-state index in [0.29, 0.717) is 6.61 Å². The molecule has 2 rings (SSSR count). The van der Waals surface area contributed by atoms with Crippen LogP contribution in [0.5, 0.6) is 5.75 Å². The van der Waals surface area contributed by atoms with Crippen LogP contribution in [0.4, 0.5) is 0 Å². The zero-order valence-electron chi connectivity index (χ0n) is 13.4. The Bertz CT molecular complexity index is 430. The highest BCUT2D eigenvalue weighted by Gasteiger charge is 2.41. The van der Waals surface area contributed by atoms with Gasteiger partial charge in [-0.25, -0.2) is 0 Å². The van der Waals surface area contributed by atoms with Crippen molar-refractivity contribution in [2.75, 3.05) is 33.5 Å². The van der Waals surface area contributed by atoms with Crippen molar-refractivity contribution in [1.29, 1.82) is 0 Å². The average molecular weight is 293 g/mol. The van der Waals surface area contributed by atoms with Crippen LogP contribution in [-0.2, 0) is 9.47 Å². The quantitative estimate of drug-likeness (QED) is 0.839. The van der Waals surface area contributed by atoms with Crippen LogP contribution in [0.1, 0.15) is 38.3 Å². The van der Waals surface area contributed by atoms with E-state index in [9.17, 15) is 0 Å². The van der Waals surface area contributed by atoms with Gasteiger partial charge < -0.3 is 19.5 Å². The van der Waals surface area contributed by atoms with Crippen molar-refractivity contribution < 1.29 is 14.2 Å². The Morgan fingerprint density at radius 2 is 2.05 bits per heavy atom. The molecule has 0 aromatic heterocycles.